The van der Waals surface area contributed by atoms with E-state index >= 15 is 0 Å². The van der Waals surface area contributed by atoms with Crippen LogP contribution in [0.25, 0.3) is 0 Å². The molecular weight excluding hydrogens is 246 g/mol. The van der Waals surface area contributed by atoms with Gasteiger partial charge in [0.1, 0.15) is 4.88 Å². The molecule has 0 spiro atoms. The van der Waals surface area contributed by atoms with Gasteiger partial charge in [-0.05, 0) is 23.9 Å². The van der Waals surface area contributed by atoms with Gasteiger partial charge in [0.25, 0.3) is 0 Å². The number of rotatable bonds is 6. The minimum absolute atomic E-state index is 0.0758. The van der Waals surface area contributed by atoms with Crippen LogP contribution in [0.1, 0.15) is 22.2 Å². The first-order valence-corrected chi connectivity index (χ1v) is 7.35. The van der Waals surface area contributed by atoms with E-state index in [0.29, 0.717) is 18.0 Å². The lowest BCUT2D eigenvalue weighted by atomic mass is 10.2. The van der Waals surface area contributed by atoms with Crippen molar-refractivity contribution in [1.29, 1.82) is 0 Å². The average Bonchev–Trinajstić information content (AvgIpc) is 2.65. The van der Waals surface area contributed by atoms with E-state index in [1.54, 1.807) is 17.7 Å². The van der Waals surface area contributed by atoms with Crippen LogP contribution in [-0.2, 0) is 17.3 Å². The molecule has 1 rings (SSSR count). The Kier molecular flexibility index (Phi) is 5.11. The Morgan fingerprint density at radius 3 is 2.94 bits per heavy atom. The van der Waals surface area contributed by atoms with Gasteiger partial charge in [-0.25, -0.2) is 4.79 Å². The monoisotopic (exact) mass is 261 g/mol. The number of nitrogens with one attached hydrogen (secondary N) is 1. The van der Waals surface area contributed by atoms with Crippen molar-refractivity contribution in [2.75, 3.05) is 12.8 Å². The van der Waals surface area contributed by atoms with Crippen molar-refractivity contribution in [3.05, 3.63) is 21.9 Å². The first kappa shape index (κ1) is 13.3. The van der Waals surface area contributed by atoms with E-state index in [2.05, 4.69) is 5.32 Å². The van der Waals surface area contributed by atoms with Gasteiger partial charge in [0.2, 0.25) is 0 Å². The Labute approximate surface area is 101 Å². The molecule has 0 aliphatic carbocycles. The quantitative estimate of drug-likeness (QED) is 0.810. The fraction of sp³-hybridized carbons (Fsp3) is 0.500. The molecule has 0 radical (unpaired) electrons. The smallest absolute Gasteiger partial charge is 0.346 e. The maximum Gasteiger partial charge on any atom is 0.346 e. The topological polar surface area (TPSA) is 66.4 Å². The summed E-state index contributed by atoms with van der Waals surface area (Å²) in [6.07, 6.45) is 1.67. The van der Waals surface area contributed by atoms with Crippen molar-refractivity contribution in [1.82, 2.24) is 5.32 Å². The second-order valence-corrected chi connectivity index (χ2v) is 6.24. The lowest BCUT2D eigenvalue weighted by Gasteiger charge is -2.09. The second-order valence-electron chi connectivity index (χ2n) is 3.52. The number of aromatic carboxylic acids is 1. The van der Waals surface area contributed by atoms with Crippen LogP contribution in [0.3, 0.4) is 0 Å². The predicted molar refractivity (Wildman–Crippen MR) is 66.5 cm³/mol. The molecule has 0 bridgehead atoms. The van der Waals surface area contributed by atoms with Crippen molar-refractivity contribution in [3.8, 4) is 0 Å². The Balaban J connectivity index is 2.46. The molecule has 0 saturated heterocycles. The maximum atomic E-state index is 11.1. The Morgan fingerprint density at radius 1 is 1.69 bits per heavy atom. The Hall–Kier alpha value is -0.720. The molecule has 0 aliphatic rings. The molecule has 1 aromatic heterocycles. The number of hydrogen-bond acceptors (Lipinski definition) is 4. The van der Waals surface area contributed by atoms with Gasteiger partial charge < -0.3 is 10.4 Å². The first-order chi connectivity index (χ1) is 7.52. The third-order valence-corrected chi connectivity index (χ3v) is 4.50. The summed E-state index contributed by atoms with van der Waals surface area (Å²) < 4.78 is 11.1. The summed E-state index contributed by atoms with van der Waals surface area (Å²) in [7, 11) is -0.849. The van der Waals surface area contributed by atoms with Crippen LogP contribution >= 0.6 is 11.3 Å². The number of carbonyl (C=O) groups is 1. The highest BCUT2D eigenvalue weighted by atomic mass is 32.2. The molecule has 0 fully saturated rings. The van der Waals surface area contributed by atoms with Gasteiger partial charge in [-0.1, -0.05) is 0 Å². The Morgan fingerprint density at radius 2 is 2.38 bits per heavy atom. The molecule has 0 amide bonds. The average molecular weight is 261 g/mol. The molecule has 1 aromatic rings. The summed E-state index contributed by atoms with van der Waals surface area (Å²) in [6.45, 7) is 3.03. The van der Waals surface area contributed by atoms with E-state index in [1.807, 2.05) is 6.92 Å². The third-order valence-electron chi connectivity index (χ3n) is 2.25. The molecular formula is C10H15NO3S2. The van der Waals surface area contributed by atoms with Gasteiger partial charge in [-0.15, -0.1) is 11.3 Å². The van der Waals surface area contributed by atoms with E-state index in [-0.39, 0.29) is 5.25 Å². The van der Waals surface area contributed by atoms with E-state index in [1.165, 1.54) is 11.3 Å². The highest BCUT2D eigenvalue weighted by Gasteiger charge is 2.11. The largest absolute Gasteiger partial charge is 0.477 e. The number of carboxylic acid groups (broad SMARTS) is 1. The highest BCUT2D eigenvalue weighted by Crippen LogP contribution is 2.16. The van der Waals surface area contributed by atoms with E-state index < -0.39 is 16.8 Å². The van der Waals surface area contributed by atoms with Crippen molar-refractivity contribution >= 4 is 28.1 Å². The number of hydrogen-bond donors (Lipinski definition) is 2. The minimum atomic E-state index is -0.890. The van der Waals surface area contributed by atoms with Gasteiger partial charge in [-0.3, -0.25) is 4.21 Å². The lowest BCUT2D eigenvalue weighted by molar-refractivity contribution is 0.0701. The van der Waals surface area contributed by atoms with Gasteiger partial charge in [0.15, 0.2) is 0 Å². The molecule has 6 heteroatoms. The maximum absolute atomic E-state index is 11.1. The van der Waals surface area contributed by atoms with Crippen molar-refractivity contribution in [2.45, 2.75) is 18.7 Å². The van der Waals surface area contributed by atoms with Crippen molar-refractivity contribution < 1.29 is 14.1 Å². The van der Waals surface area contributed by atoms with Gasteiger partial charge in [0, 0.05) is 35.4 Å². The summed E-state index contributed by atoms with van der Waals surface area (Å²) >= 11 is 1.22. The first-order valence-electron chi connectivity index (χ1n) is 4.85. The van der Waals surface area contributed by atoms with Crippen LogP contribution in [0.5, 0.6) is 0 Å². The summed E-state index contributed by atoms with van der Waals surface area (Å²) in [5, 5.41) is 13.8. The Bertz CT molecular complexity index is 389. The molecule has 0 aromatic carbocycles. The summed E-state index contributed by atoms with van der Waals surface area (Å²) in [5.74, 6) is -0.890. The standard InChI is InChI=1S/C10H15NO3S2/c1-7(16(2)14)5-11-6-8-3-4-15-9(8)10(12)13/h3-4,7,11H,5-6H2,1-2H3,(H,12,13). The minimum Gasteiger partial charge on any atom is -0.477 e. The zero-order valence-electron chi connectivity index (χ0n) is 9.23. The van der Waals surface area contributed by atoms with Crippen LogP contribution in [0.15, 0.2) is 11.4 Å². The van der Waals surface area contributed by atoms with Crippen LogP contribution in [0.2, 0.25) is 0 Å². The van der Waals surface area contributed by atoms with Crippen molar-refractivity contribution in [3.63, 3.8) is 0 Å². The zero-order chi connectivity index (χ0) is 12.1. The third kappa shape index (κ3) is 3.70. The van der Waals surface area contributed by atoms with Gasteiger partial charge in [-0.2, -0.15) is 0 Å². The second kappa shape index (κ2) is 6.12. The van der Waals surface area contributed by atoms with Crippen LogP contribution in [0, 0.1) is 0 Å². The normalized spacial score (nSPS) is 14.6. The van der Waals surface area contributed by atoms with E-state index in [9.17, 15) is 9.00 Å². The zero-order valence-corrected chi connectivity index (χ0v) is 10.9. The van der Waals surface area contributed by atoms with E-state index in [4.69, 9.17) is 5.11 Å². The SMILES string of the molecule is CC(CNCc1ccsc1C(=O)O)S(C)=O. The summed E-state index contributed by atoms with van der Waals surface area (Å²) in [6, 6.07) is 1.80. The van der Waals surface area contributed by atoms with Crippen LogP contribution in [0.4, 0.5) is 0 Å². The molecule has 2 unspecified atom stereocenters. The molecule has 2 N–H and O–H groups in total. The molecule has 16 heavy (non-hydrogen) atoms. The molecule has 1 heterocycles. The number of thiophene rings is 1. The summed E-state index contributed by atoms with van der Waals surface area (Å²) in [5.41, 5.74) is 0.784. The predicted octanol–water partition coefficient (Wildman–Crippen LogP) is 1.30. The lowest BCUT2D eigenvalue weighted by Crippen LogP contribution is -2.27. The fourth-order valence-electron chi connectivity index (χ4n) is 1.19. The molecule has 90 valence electrons. The van der Waals surface area contributed by atoms with Crippen LogP contribution in [-0.4, -0.2) is 33.3 Å². The fourth-order valence-corrected chi connectivity index (χ4v) is 2.30. The van der Waals surface area contributed by atoms with Gasteiger partial charge >= 0.3 is 5.97 Å². The van der Waals surface area contributed by atoms with Gasteiger partial charge in [0.05, 0.1) is 0 Å². The summed E-state index contributed by atoms with van der Waals surface area (Å²) in [4.78, 5) is 11.2. The van der Waals surface area contributed by atoms with E-state index in [0.717, 1.165) is 5.56 Å². The van der Waals surface area contributed by atoms with Crippen LogP contribution < -0.4 is 5.32 Å². The molecule has 0 saturated carbocycles. The molecule has 0 aliphatic heterocycles. The molecule has 4 nitrogen and oxygen atoms in total. The highest BCUT2D eigenvalue weighted by molar-refractivity contribution is 7.84. The van der Waals surface area contributed by atoms with Crippen molar-refractivity contribution in [2.24, 2.45) is 0 Å². The molecule has 2 atom stereocenters. The number of carboxylic acids is 1.